The lowest BCUT2D eigenvalue weighted by Gasteiger charge is -2.21. The van der Waals surface area contributed by atoms with E-state index in [2.05, 4.69) is 15.3 Å². The Bertz CT molecular complexity index is 710. The molecule has 0 aliphatic carbocycles. The predicted octanol–water partition coefficient (Wildman–Crippen LogP) is 3.64. The number of halogens is 3. The number of rotatable bonds is 6. The summed E-state index contributed by atoms with van der Waals surface area (Å²) in [5.74, 6) is 0.213. The summed E-state index contributed by atoms with van der Waals surface area (Å²) < 4.78 is 44.5. The Balaban J connectivity index is 2.03. The van der Waals surface area contributed by atoms with Crippen molar-refractivity contribution in [3.05, 3.63) is 47.9 Å². The highest BCUT2D eigenvalue weighted by atomic mass is 19.4. The zero-order valence-electron chi connectivity index (χ0n) is 12.8. The van der Waals surface area contributed by atoms with E-state index in [-0.39, 0.29) is 18.0 Å². The first-order valence-corrected chi connectivity index (χ1v) is 7.23. The summed E-state index contributed by atoms with van der Waals surface area (Å²) in [4.78, 5) is 7.84. The van der Waals surface area contributed by atoms with E-state index in [1.807, 2.05) is 13.0 Å². The Morgan fingerprint density at radius 2 is 2.00 bits per heavy atom. The van der Waals surface area contributed by atoms with Gasteiger partial charge in [-0.25, -0.2) is 9.97 Å². The van der Waals surface area contributed by atoms with Gasteiger partial charge in [0.15, 0.2) is 5.69 Å². The van der Waals surface area contributed by atoms with E-state index in [9.17, 15) is 13.2 Å². The third-order valence-electron chi connectivity index (χ3n) is 3.22. The van der Waals surface area contributed by atoms with Gasteiger partial charge in [-0.2, -0.15) is 18.4 Å². The number of aromatic nitrogens is 2. The quantitative estimate of drug-likeness (QED) is 0.872. The smallest absolute Gasteiger partial charge is 0.419 e. The summed E-state index contributed by atoms with van der Waals surface area (Å²) in [6.45, 7) is 2.07. The van der Waals surface area contributed by atoms with Crippen molar-refractivity contribution in [1.82, 2.24) is 9.97 Å². The van der Waals surface area contributed by atoms with Crippen LogP contribution in [0, 0.1) is 11.3 Å². The highest BCUT2D eigenvalue weighted by Crippen LogP contribution is 2.36. The number of anilines is 1. The molecule has 0 bridgehead atoms. The van der Waals surface area contributed by atoms with Crippen LogP contribution in [0.15, 0.2) is 36.7 Å². The van der Waals surface area contributed by atoms with Gasteiger partial charge in [-0.05, 0) is 18.6 Å². The molecule has 1 atom stereocenters. The van der Waals surface area contributed by atoms with Crippen LogP contribution in [0.5, 0.6) is 5.75 Å². The second kappa shape index (κ2) is 7.64. The van der Waals surface area contributed by atoms with Crippen molar-refractivity contribution in [1.29, 1.82) is 5.26 Å². The van der Waals surface area contributed by atoms with E-state index in [0.29, 0.717) is 12.2 Å². The topological polar surface area (TPSA) is 70.8 Å². The minimum absolute atomic E-state index is 0.183. The van der Waals surface area contributed by atoms with Crippen LogP contribution in [0.2, 0.25) is 0 Å². The highest BCUT2D eigenvalue weighted by molar-refractivity contribution is 5.36. The van der Waals surface area contributed by atoms with Crippen molar-refractivity contribution >= 4 is 5.82 Å². The largest absolute Gasteiger partial charge is 0.488 e. The van der Waals surface area contributed by atoms with Crippen LogP contribution in [0.4, 0.5) is 19.0 Å². The van der Waals surface area contributed by atoms with E-state index in [4.69, 9.17) is 10.00 Å². The molecule has 0 spiro atoms. The number of nitrogens with zero attached hydrogens (tertiary/aromatic N) is 3. The molecule has 24 heavy (non-hydrogen) atoms. The average molecular weight is 336 g/mol. The van der Waals surface area contributed by atoms with Crippen LogP contribution in [-0.2, 0) is 6.18 Å². The number of hydrogen-bond acceptors (Lipinski definition) is 5. The van der Waals surface area contributed by atoms with Gasteiger partial charge in [0.25, 0.3) is 0 Å². The van der Waals surface area contributed by atoms with Crippen molar-refractivity contribution < 1.29 is 17.9 Å². The third kappa shape index (κ3) is 4.59. The molecule has 0 saturated heterocycles. The summed E-state index contributed by atoms with van der Waals surface area (Å²) in [5.41, 5.74) is -0.621. The molecule has 5 nitrogen and oxygen atoms in total. The molecule has 0 saturated carbocycles. The van der Waals surface area contributed by atoms with Gasteiger partial charge in [0.1, 0.15) is 23.7 Å². The molecule has 1 unspecified atom stereocenters. The minimum atomic E-state index is -4.47. The summed E-state index contributed by atoms with van der Waals surface area (Å²) in [7, 11) is 0. The molecule has 0 amide bonds. The van der Waals surface area contributed by atoms with Crippen LogP contribution in [0.1, 0.15) is 24.6 Å². The molecule has 2 aromatic rings. The monoisotopic (exact) mass is 336 g/mol. The molecule has 0 fully saturated rings. The standard InChI is InChI=1S/C16H15F3N4O/c1-2-12(9-23-15-10-21-11(7-20)8-22-15)24-14-6-4-3-5-13(14)16(17,18)19/h3-6,8,10,12H,2,9H2,1H3,(H,22,23). The molecule has 0 radical (unpaired) electrons. The highest BCUT2D eigenvalue weighted by Gasteiger charge is 2.34. The van der Waals surface area contributed by atoms with E-state index < -0.39 is 17.8 Å². The van der Waals surface area contributed by atoms with Crippen LogP contribution in [-0.4, -0.2) is 22.6 Å². The first-order chi connectivity index (χ1) is 11.4. The Labute approximate surface area is 137 Å². The van der Waals surface area contributed by atoms with Gasteiger partial charge in [-0.15, -0.1) is 0 Å². The molecule has 1 N–H and O–H groups in total. The maximum atomic E-state index is 13.0. The second-order valence-corrected chi connectivity index (χ2v) is 4.92. The molecule has 126 valence electrons. The van der Waals surface area contributed by atoms with Crippen LogP contribution in [0.3, 0.4) is 0 Å². The van der Waals surface area contributed by atoms with Crippen LogP contribution >= 0.6 is 0 Å². The Morgan fingerprint density at radius 1 is 1.25 bits per heavy atom. The molecule has 0 aliphatic heterocycles. The molecule has 1 aromatic carbocycles. The number of hydrogen-bond donors (Lipinski definition) is 1. The van der Waals surface area contributed by atoms with E-state index in [1.165, 1.54) is 30.6 Å². The molecule has 0 aliphatic rings. The summed E-state index contributed by atoms with van der Waals surface area (Å²) in [6.07, 6.45) is -1.76. The molecular formula is C16H15F3N4O. The second-order valence-electron chi connectivity index (χ2n) is 4.92. The first-order valence-electron chi connectivity index (χ1n) is 7.23. The summed E-state index contributed by atoms with van der Waals surface area (Å²) in [6, 6.07) is 6.95. The van der Waals surface area contributed by atoms with E-state index in [0.717, 1.165) is 6.07 Å². The maximum Gasteiger partial charge on any atom is 0.419 e. The lowest BCUT2D eigenvalue weighted by molar-refractivity contribution is -0.139. The number of nitrogens with one attached hydrogen (secondary N) is 1. The maximum absolute atomic E-state index is 13.0. The zero-order valence-corrected chi connectivity index (χ0v) is 12.8. The number of benzene rings is 1. The van der Waals surface area contributed by atoms with Gasteiger partial charge in [0.05, 0.1) is 24.5 Å². The van der Waals surface area contributed by atoms with Crippen LogP contribution < -0.4 is 10.1 Å². The van der Waals surface area contributed by atoms with Gasteiger partial charge >= 0.3 is 6.18 Å². The minimum Gasteiger partial charge on any atom is -0.488 e. The SMILES string of the molecule is CCC(CNc1cnc(C#N)cn1)Oc1ccccc1C(F)(F)F. The first kappa shape index (κ1) is 17.5. The fourth-order valence-corrected chi connectivity index (χ4v) is 1.95. The molecule has 1 aromatic heterocycles. The van der Waals surface area contributed by atoms with Crippen molar-refractivity contribution in [3.63, 3.8) is 0 Å². The van der Waals surface area contributed by atoms with Crippen molar-refractivity contribution in [2.45, 2.75) is 25.6 Å². The number of nitriles is 1. The summed E-state index contributed by atoms with van der Waals surface area (Å²) >= 11 is 0. The predicted molar refractivity (Wildman–Crippen MR) is 81.4 cm³/mol. The van der Waals surface area contributed by atoms with Gasteiger partial charge < -0.3 is 10.1 Å². The normalized spacial score (nSPS) is 12.3. The zero-order chi connectivity index (χ0) is 17.6. The average Bonchev–Trinajstić information content (AvgIpc) is 2.58. The van der Waals surface area contributed by atoms with Gasteiger partial charge in [-0.3, -0.25) is 0 Å². The van der Waals surface area contributed by atoms with Crippen molar-refractivity contribution in [3.8, 4) is 11.8 Å². The Morgan fingerprint density at radius 3 is 2.58 bits per heavy atom. The lowest BCUT2D eigenvalue weighted by atomic mass is 10.2. The van der Waals surface area contributed by atoms with Crippen molar-refractivity contribution in [2.75, 3.05) is 11.9 Å². The molecular weight excluding hydrogens is 321 g/mol. The number of para-hydroxylation sites is 1. The van der Waals surface area contributed by atoms with E-state index in [1.54, 1.807) is 0 Å². The molecule has 2 rings (SSSR count). The fraction of sp³-hybridized carbons (Fsp3) is 0.312. The van der Waals surface area contributed by atoms with Gasteiger partial charge in [0, 0.05) is 0 Å². The number of alkyl halides is 3. The molecule has 8 heteroatoms. The lowest BCUT2D eigenvalue weighted by Crippen LogP contribution is -2.26. The fourth-order valence-electron chi connectivity index (χ4n) is 1.95. The van der Waals surface area contributed by atoms with Gasteiger partial charge in [0.2, 0.25) is 0 Å². The molecule has 1 heterocycles. The van der Waals surface area contributed by atoms with Crippen molar-refractivity contribution in [2.24, 2.45) is 0 Å². The third-order valence-corrected chi connectivity index (χ3v) is 3.22. The Hall–Kier alpha value is -2.82. The number of ether oxygens (including phenoxy) is 1. The Kier molecular flexibility index (Phi) is 5.58. The van der Waals surface area contributed by atoms with E-state index >= 15 is 0 Å². The van der Waals surface area contributed by atoms with Crippen LogP contribution in [0.25, 0.3) is 0 Å². The van der Waals surface area contributed by atoms with Gasteiger partial charge in [-0.1, -0.05) is 19.1 Å². The summed E-state index contributed by atoms with van der Waals surface area (Å²) in [5, 5.41) is 11.6.